The van der Waals surface area contributed by atoms with Gasteiger partial charge in [-0.3, -0.25) is 18.9 Å². The average Bonchev–Trinajstić information content (AvgIpc) is 2.79. The van der Waals surface area contributed by atoms with Crippen molar-refractivity contribution in [2.75, 3.05) is 26.3 Å². The number of hydrogen-bond donors (Lipinski definition) is 0. The van der Waals surface area contributed by atoms with E-state index in [-0.39, 0.29) is 17.3 Å². The number of carbonyl (C=O) groups excluding carboxylic acids is 1. The van der Waals surface area contributed by atoms with Crippen molar-refractivity contribution >= 4 is 11.4 Å². The maximum atomic E-state index is 13.0. The predicted octanol–water partition coefficient (Wildman–Crippen LogP) is 2.56. The summed E-state index contributed by atoms with van der Waals surface area (Å²) in [5.74, 6) is 1.51. The molecule has 4 heterocycles. The van der Waals surface area contributed by atoms with Crippen LogP contribution in [0.25, 0.3) is 5.65 Å². The highest BCUT2D eigenvalue weighted by Crippen LogP contribution is 2.32. The topological polar surface area (TPSA) is 73.1 Å². The number of aromatic nitrogens is 2. The van der Waals surface area contributed by atoms with E-state index in [0.29, 0.717) is 42.5 Å². The number of pyridine rings is 1. The highest BCUT2D eigenvalue weighted by atomic mass is 16.6. The smallest absolute Gasteiger partial charge is 0.258 e. The Hall–Kier alpha value is -3.19. The minimum Gasteiger partial charge on any atom is -0.486 e. The first-order valence-electron chi connectivity index (χ1n) is 10.3. The summed E-state index contributed by atoms with van der Waals surface area (Å²) in [6, 6.07) is 12.6. The summed E-state index contributed by atoms with van der Waals surface area (Å²) in [6.45, 7) is 3.27. The first-order valence-corrected chi connectivity index (χ1v) is 10.3. The Kier molecular flexibility index (Phi) is 4.96. The lowest BCUT2D eigenvalue weighted by Crippen LogP contribution is -2.36. The molecule has 30 heavy (non-hydrogen) atoms. The average molecular weight is 405 g/mol. The Morgan fingerprint density at radius 1 is 1.03 bits per heavy atom. The number of piperidine rings is 1. The number of nitrogens with zero attached hydrogens (tertiary/aromatic N) is 3. The molecule has 7 heteroatoms. The zero-order valence-electron chi connectivity index (χ0n) is 16.6. The highest BCUT2D eigenvalue weighted by Gasteiger charge is 2.27. The third-order valence-corrected chi connectivity index (χ3v) is 5.79. The van der Waals surface area contributed by atoms with Crippen LogP contribution in [0.5, 0.6) is 11.5 Å². The molecule has 0 bridgehead atoms. The van der Waals surface area contributed by atoms with Gasteiger partial charge in [-0.15, -0.1) is 0 Å². The van der Waals surface area contributed by atoms with Gasteiger partial charge < -0.3 is 9.47 Å². The number of ketones is 1. The monoisotopic (exact) mass is 405 g/mol. The fraction of sp³-hybridized carbons (Fsp3) is 0.348. The second-order valence-corrected chi connectivity index (χ2v) is 7.79. The minimum atomic E-state index is -0.0701. The van der Waals surface area contributed by atoms with Gasteiger partial charge >= 0.3 is 0 Å². The number of benzene rings is 1. The standard InChI is InChI=1S/C23H23N3O4/c27-22-14-18(24-21-3-1-2-8-26(21)22)15-25-9-6-16(7-10-25)23(28)17-4-5-19-20(13-17)30-12-11-29-19/h1-5,8,13-14,16H,6-7,9-12,15H2. The molecule has 1 aromatic carbocycles. The third kappa shape index (κ3) is 3.68. The molecule has 0 unspecified atom stereocenters. The largest absolute Gasteiger partial charge is 0.486 e. The molecular weight excluding hydrogens is 382 g/mol. The summed E-state index contributed by atoms with van der Waals surface area (Å²) in [5, 5.41) is 0. The van der Waals surface area contributed by atoms with Gasteiger partial charge in [0.25, 0.3) is 5.56 Å². The Labute approximate surface area is 173 Å². The summed E-state index contributed by atoms with van der Waals surface area (Å²) in [7, 11) is 0. The quantitative estimate of drug-likeness (QED) is 0.621. The second kappa shape index (κ2) is 7.91. The molecule has 1 saturated heterocycles. The normalized spacial score (nSPS) is 17.2. The molecule has 1 fully saturated rings. The van der Waals surface area contributed by atoms with Crippen LogP contribution in [0, 0.1) is 5.92 Å². The molecule has 0 spiro atoms. The molecule has 3 aromatic rings. The van der Waals surface area contributed by atoms with Gasteiger partial charge in [-0.1, -0.05) is 6.07 Å². The first kappa shape index (κ1) is 18.8. The van der Waals surface area contributed by atoms with Crippen molar-refractivity contribution in [1.29, 1.82) is 0 Å². The zero-order valence-corrected chi connectivity index (χ0v) is 16.6. The van der Waals surface area contributed by atoms with Crippen molar-refractivity contribution in [3.63, 3.8) is 0 Å². The van der Waals surface area contributed by atoms with E-state index in [1.165, 1.54) is 0 Å². The van der Waals surface area contributed by atoms with Gasteiger partial charge in [0.05, 0.1) is 5.69 Å². The van der Waals surface area contributed by atoms with Crippen LogP contribution >= 0.6 is 0 Å². The van der Waals surface area contributed by atoms with Crippen LogP contribution in [-0.4, -0.2) is 46.4 Å². The minimum absolute atomic E-state index is 0.000929. The molecule has 0 atom stereocenters. The Morgan fingerprint density at radius 3 is 2.67 bits per heavy atom. The molecule has 2 aliphatic heterocycles. The van der Waals surface area contributed by atoms with E-state index < -0.39 is 0 Å². The number of likely N-dealkylation sites (tertiary alicyclic amines) is 1. The summed E-state index contributed by atoms with van der Waals surface area (Å²) in [4.78, 5) is 32.1. The fourth-order valence-corrected chi connectivity index (χ4v) is 4.20. The molecule has 2 aliphatic rings. The lowest BCUT2D eigenvalue weighted by atomic mass is 9.88. The van der Waals surface area contributed by atoms with Crippen molar-refractivity contribution in [1.82, 2.24) is 14.3 Å². The van der Waals surface area contributed by atoms with E-state index in [2.05, 4.69) is 9.88 Å². The van der Waals surface area contributed by atoms with Gasteiger partial charge in [0.1, 0.15) is 18.9 Å². The number of fused-ring (bicyclic) bond motifs is 2. The van der Waals surface area contributed by atoms with Crippen LogP contribution in [0.15, 0.2) is 53.5 Å². The van der Waals surface area contributed by atoms with Crippen LogP contribution in [0.1, 0.15) is 28.9 Å². The lowest BCUT2D eigenvalue weighted by Gasteiger charge is -2.31. The van der Waals surface area contributed by atoms with Crippen molar-refractivity contribution in [3.8, 4) is 11.5 Å². The van der Waals surface area contributed by atoms with Crippen molar-refractivity contribution in [2.24, 2.45) is 5.92 Å². The molecule has 0 amide bonds. The van der Waals surface area contributed by atoms with Crippen LogP contribution in [-0.2, 0) is 6.54 Å². The van der Waals surface area contributed by atoms with Gasteiger partial charge in [-0.2, -0.15) is 0 Å². The Balaban J connectivity index is 1.23. The molecule has 0 radical (unpaired) electrons. The highest BCUT2D eigenvalue weighted by molar-refractivity contribution is 5.98. The van der Waals surface area contributed by atoms with Crippen LogP contribution in [0.3, 0.4) is 0 Å². The van der Waals surface area contributed by atoms with Gasteiger partial charge in [-0.25, -0.2) is 4.98 Å². The van der Waals surface area contributed by atoms with Crippen LogP contribution in [0.4, 0.5) is 0 Å². The van der Waals surface area contributed by atoms with Gasteiger partial charge in [0.2, 0.25) is 0 Å². The molecule has 0 aliphatic carbocycles. The fourth-order valence-electron chi connectivity index (χ4n) is 4.20. The maximum absolute atomic E-state index is 13.0. The Bertz CT molecular complexity index is 1150. The number of carbonyl (C=O) groups is 1. The van der Waals surface area contributed by atoms with Crippen LogP contribution in [0.2, 0.25) is 0 Å². The second-order valence-electron chi connectivity index (χ2n) is 7.79. The van der Waals surface area contributed by atoms with E-state index in [9.17, 15) is 9.59 Å². The van der Waals surface area contributed by atoms with E-state index in [1.54, 1.807) is 22.7 Å². The Morgan fingerprint density at radius 2 is 1.83 bits per heavy atom. The summed E-state index contributed by atoms with van der Waals surface area (Å²) < 4.78 is 12.7. The zero-order chi connectivity index (χ0) is 20.5. The molecule has 154 valence electrons. The lowest BCUT2D eigenvalue weighted by molar-refractivity contribution is 0.0833. The number of ether oxygens (including phenoxy) is 2. The van der Waals surface area contributed by atoms with Crippen molar-refractivity contribution < 1.29 is 14.3 Å². The van der Waals surface area contributed by atoms with E-state index in [0.717, 1.165) is 31.6 Å². The molecule has 0 N–H and O–H groups in total. The third-order valence-electron chi connectivity index (χ3n) is 5.79. The number of Topliss-reactive ketones (excluding diaryl/α,β-unsaturated/α-hetero) is 1. The molecule has 5 rings (SSSR count). The summed E-state index contributed by atoms with van der Waals surface area (Å²) >= 11 is 0. The predicted molar refractivity (Wildman–Crippen MR) is 111 cm³/mol. The van der Waals surface area contributed by atoms with E-state index in [1.807, 2.05) is 30.3 Å². The van der Waals surface area contributed by atoms with E-state index in [4.69, 9.17) is 9.47 Å². The maximum Gasteiger partial charge on any atom is 0.258 e. The number of hydrogen-bond acceptors (Lipinski definition) is 6. The van der Waals surface area contributed by atoms with Gasteiger partial charge in [-0.05, 0) is 56.3 Å². The van der Waals surface area contributed by atoms with Crippen LogP contribution < -0.4 is 15.0 Å². The summed E-state index contributed by atoms with van der Waals surface area (Å²) in [5.41, 5.74) is 2.03. The molecule has 7 nitrogen and oxygen atoms in total. The van der Waals surface area contributed by atoms with Gasteiger partial charge in [0, 0.05) is 30.3 Å². The van der Waals surface area contributed by atoms with E-state index >= 15 is 0 Å². The SMILES string of the molecule is O=C(c1ccc2c(c1)OCCO2)C1CCN(Cc2cc(=O)n3ccccc3n2)CC1. The first-order chi connectivity index (χ1) is 14.7. The van der Waals surface area contributed by atoms with Crippen molar-refractivity contribution in [3.05, 3.63) is 70.3 Å². The van der Waals surface area contributed by atoms with Crippen molar-refractivity contribution in [2.45, 2.75) is 19.4 Å². The summed E-state index contributed by atoms with van der Waals surface area (Å²) in [6.07, 6.45) is 3.31. The molecule has 0 saturated carbocycles. The van der Waals surface area contributed by atoms with Gasteiger partial charge in [0.15, 0.2) is 17.3 Å². The number of rotatable bonds is 4. The molecular formula is C23H23N3O4. The molecule has 2 aromatic heterocycles.